The molecule has 0 fully saturated rings. The summed E-state index contributed by atoms with van der Waals surface area (Å²) in [7, 11) is 0. The predicted molar refractivity (Wildman–Crippen MR) is 70.5 cm³/mol. The molecule has 2 aromatic rings. The molecular formula is C12H17N5O2. The van der Waals surface area contributed by atoms with Crippen LogP contribution in [0.3, 0.4) is 0 Å². The zero-order chi connectivity index (χ0) is 14.2. The Morgan fingerprint density at radius 1 is 1.47 bits per heavy atom. The average Bonchev–Trinajstić information content (AvgIpc) is 2.91. The Labute approximate surface area is 111 Å². The molecule has 7 heteroatoms. The Hall–Kier alpha value is -2.18. The Balaban J connectivity index is 2.76. The molecule has 7 nitrogen and oxygen atoms in total. The molecule has 102 valence electrons. The number of aromatic nitrogens is 4. The van der Waals surface area contributed by atoms with E-state index in [9.17, 15) is 10.1 Å². The van der Waals surface area contributed by atoms with Gasteiger partial charge in [0.15, 0.2) is 0 Å². The van der Waals surface area contributed by atoms with Gasteiger partial charge in [-0.2, -0.15) is 5.10 Å². The summed E-state index contributed by atoms with van der Waals surface area (Å²) in [6, 6.07) is 0.0366. The fourth-order valence-corrected chi connectivity index (χ4v) is 2.11. The number of imidazole rings is 1. The van der Waals surface area contributed by atoms with Gasteiger partial charge in [0, 0.05) is 24.9 Å². The summed E-state index contributed by atoms with van der Waals surface area (Å²) in [6.07, 6.45) is 4.09. The van der Waals surface area contributed by atoms with Crippen LogP contribution in [-0.2, 0) is 6.42 Å². The summed E-state index contributed by atoms with van der Waals surface area (Å²) < 4.78 is 3.42. The Bertz CT molecular complexity index is 612. The first-order valence-electron chi connectivity index (χ1n) is 6.23. The van der Waals surface area contributed by atoms with Crippen LogP contribution in [0.5, 0.6) is 0 Å². The molecule has 0 saturated carbocycles. The van der Waals surface area contributed by atoms with Gasteiger partial charge in [-0.05, 0) is 20.8 Å². The average molecular weight is 263 g/mol. The normalized spacial score (nSPS) is 11.2. The van der Waals surface area contributed by atoms with Crippen molar-refractivity contribution < 1.29 is 4.92 Å². The zero-order valence-corrected chi connectivity index (χ0v) is 11.5. The third-order valence-electron chi connectivity index (χ3n) is 2.96. The number of nitrogens with zero attached hydrogens (tertiary/aromatic N) is 5. The minimum atomic E-state index is -0.379. The SMILES string of the molecule is CCc1nccn1-c1c([N+](=O)[O-])c(C)nn1C(C)C. The van der Waals surface area contributed by atoms with E-state index in [4.69, 9.17) is 0 Å². The maximum absolute atomic E-state index is 11.3. The van der Waals surface area contributed by atoms with Crippen LogP contribution in [0, 0.1) is 17.0 Å². The first-order valence-corrected chi connectivity index (χ1v) is 6.23. The van der Waals surface area contributed by atoms with Gasteiger partial charge >= 0.3 is 5.69 Å². The first-order chi connectivity index (χ1) is 8.97. The van der Waals surface area contributed by atoms with E-state index in [1.54, 1.807) is 28.6 Å². The van der Waals surface area contributed by atoms with E-state index >= 15 is 0 Å². The third kappa shape index (κ3) is 2.11. The zero-order valence-electron chi connectivity index (χ0n) is 11.5. The molecule has 0 unspecified atom stereocenters. The lowest BCUT2D eigenvalue weighted by atomic mass is 10.3. The van der Waals surface area contributed by atoms with Crippen LogP contribution in [0.25, 0.3) is 5.82 Å². The van der Waals surface area contributed by atoms with Gasteiger partial charge in [-0.25, -0.2) is 9.67 Å². The molecule has 0 bridgehead atoms. The van der Waals surface area contributed by atoms with Crippen molar-refractivity contribution in [2.45, 2.75) is 40.2 Å². The molecular weight excluding hydrogens is 246 g/mol. The molecule has 0 spiro atoms. The summed E-state index contributed by atoms with van der Waals surface area (Å²) in [5, 5.41) is 15.6. The number of nitro groups is 1. The highest BCUT2D eigenvalue weighted by Crippen LogP contribution is 2.29. The van der Waals surface area contributed by atoms with Crippen LogP contribution in [0.1, 0.15) is 38.3 Å². The van der Waals surface area contributed by atoms with Crippen molar-refractivity contribution in [3.8, 4) is 5.82 Å². The minimum Gasteiger partial charge on any atom is -0.282 e. The van der Waals surface area contributed by atoms with Crippen LogP contribution < -0.4 is 0 Å². The van der Waals surface area contributed by atoms with E-state index in [-0.39, 0.29) is 16.7 Å². The van der Waals surface area contributed by atoms with Gasteiger partial charge in [-0.15, -0.1) is 0 Å². The molecule has 0 N–H and O–H groups in total. The van der Waals surface area contributed by atoms with Gasteiger partial charge in [0.25, 0.3) is 0 Å². The van der Waals surface area contributed by atoms with Crippen molar-refractivity contribution in [3.63, 3.8) is 0 Å². The van der Waals surface area contributed by atoms with Gasteiger partial charge in [-0.1, -0.05) is 6.92 Å². The number of aryl methyl sites for hydroxylation is 2. The van der Waals surface area contributed by atoms with E-state index in [0.29, 0.717) is 17.9 Å². The molecule has 0 amide bonds. The van der Waals surface area contributed by atoms with E-state index < -0.39 is 0 Å². The second kappa shape index (κ2) is 4.83. The highest BCUT2D eigenvalue weighted by atomic mass is 16.6. The summed E-state index contributed by atoms with van der Waals surface area (Å²) in [5.74, 6) is 1.26. The van der Waals surface area contributed by atoms with Crippen molar-refractivity contribution in [2.75, 3.05) is 0 Å². The largest absolute Gasteiger partial charge is 0.334 e. The topological polar surface area (TPSA) is 78.8 Å². The maximum atomic E-state index is 11.3. The molecule has 2 aromatic heterocycles. The van der Waals surface area contributed by atoms with Gasteiger partial charge in [0.2, 0.25) is 5.82 Å². The summed E-state index contributed by atoms with van der Waals surface area (Å²) in [4.78, 5) is 15.1. The fraction of sp³-hybridized carbons (Fsp3) is 0.500. The molecule has 19 heavy (non-hydrogen) atoms. The van der Waals surface area contributed by atoms with Gasteiger partial charge < -0.3 is 0 Å². The maximum Gasteiger partial charge on any atom is 0.334 e. The lowest BCUT2D eigenvalue weighted by Crippen LogP contribution is -2.12. The molecule has 0 aliphatic carbocycles. The third-order valence-corrected chi connectivity index (χ3v) is 2.96. The molecule has 0 atom stereocenters. The summed E-state index contributed by atoms with van der Waals surface area (Å²) in [5.41, 5.74) is 0.464. The molecule has 0 aliphatic heterocycles. The van der Waals surface area contributed by atoms with Crippen molar-refractivity contribution in [1.29, 1.82) is 0 Å². The highest BCUT2D eigenvalue weighted by molar-refractivity contribution is 5.52. The monoisotopic (exact) mass is 263 g/mol. The molecule has 2 heterocycles. The second-order valence-corrected chi connectivity index (χ2v) is 4.62. The lowest BCUT2D eigenvalue weighted by molar-refractivity contribution is -0.385. The van der Waals surface area contributed by atoms with Gasteiger partial charge in [0.1, 0.15) is 11.5 Å². The summed E-state index contributed by atoms with van der Waals surface area (Å²) >= 11 is 0. The van der Waals surface area contributed by atoms with Gasteiger partial charge in [0.05, 0.1) is 4.92 Å². The van der Waals surface area contributed by atoms with Crippen LogP contribution in [0.4, 0.5) is 5.69 Å². The number of hydrogen-bond acceptors (Lipinski definition) is 4. The number of rotatable bonds is 4. The molecule has 2 rings (SSSR count). The van der Waals surface area contributed by atoms with Crippen molar-refractivity contribution >= 4 is 5.69 Å². The smallest absolute Gasteiger partial charge is 0.282 e. The second-order valence-electron chi connectivity index (χ2n) is 4.62. The van der Waals surface area contributed by atoms with E-state index in [0.717, 1.165) is 5.82 Å². The van der Waals surface area contributed by atoms with Crippen molar-refractivity contribution in [1.82, 2.24) is 19.3 Å². The summed E-state index contributed by atoms with van der Waals surface area (Å²) in [6.45, 7) is 7.51. The minimum absolute atomic E-state index is 0.0366. The standard InChI is InChI=1S/C12H17N5O2/c1-5-10-13-6-7-15(10)12-11(17(18)19)9(4)14-16(12)8(2)3/h6-8H,5H2,1-4H3. The first kappa shape index (κ1) is 13.3. The Morgan fingerprint density at radius 3 is 2.68 bits per heavy atom. The highest BCUT2D eigenvalue weighted by Gasteiger charge is 2.28. The van der Waals surface area contributed by atoms with Crippen LogP contribution in [0.2, 0.25) is 0 Å². The Morgan fingerprint density at radius 2 is 2.16 bits per heavy atom. The van der Waals surface area contributed by atoms with E-state index in [2.05, 4.69) is 10.1 Å². The molecule has 0 saturated heterocycles. The van der Waals surface area contributed by atoms with Gasteiger partial charge in [-0.3, -0.25) is 14.7 Å². The predicted octanol–water partition coefficient (Wildman–Crippen LogP) is 2.43. The van der Waals surface area contributed by atoms with E-state index in [1.807, 2.05) is 20.8 Å². The molecule has 0 aromatic carbocycles. The van der Waals surface area contributed by atoms with Crippen LogP contribution in [0.15, 0.2) is 12.4 Å². The van der Waals surface area contributed by atoms with Crippen LogP contribution >= 0.6 is 0 Å². The fourth-order valence-electron chi connectivity index (χ4n) is 2.11. The van der Waals surface area contributed by atoms with E-state index in [1.165, 1.54) is 0 Å². The molecule has 0 aliphatic rings. The quantitative estimate of drug-likeness (QED) is 0.626. The number of hydrogen-bond donors (Lipinski definition) is 0. The van der Waals surface area contributed by atoms with Crippen LogP contribution in [-0.4, -0.2) is 24.3 Å². The van der Waals surface area contributed by atoms with Crippen molar-refractivity contribution in [3.05, 3.63) is 34.0 Å². The molecule has 0 radical (unpaired) electrons. The lowest BCUT2D eigenvalue weighted by Gasteiger charge is -2.12. The Kier molecular flexibility index (Phi) is 3.37. The van der Waals surface area contributed by atoms with Crippen molar-refractivity contribution in [2.24, 2.45) is 0 Å².